The molecule has 0 spiro atoms. The van der Waals surface area contributed by atoms with Gasteiger partial charge in [0.25, 0.3) is 0 Å². The summed E-state index contributed by atoms with van der Waals surface area (Å²) in [5.74, 6) is 0. The van der Waals surface area contributed by atoms with Crippen molar-refractivity contribution in [3.05, 3.63) is 121 Å². The van der Waals surface area contributed by atoms with Crippen LogP contribution in [0.1, 0.15) is 6.92 Å². The van der Waals surface area contributed by atoms with E-state index >= 15 is 7.48 Å². The quantitative estimate of drug-likeness (QED) is 0.368. The topological polar surface area (TPSA) is 34.1 Å². The van der Waals surface area contributed by atoms with Crippen LogP contribution in [0.2, 0.25) is 3.49 Å². The van der Waals surface area contributed by atoms with Crippen molar-refractivity contribution in [3.8, 4) is 0 Å². The molecule has 4 aromatic rings. The summed E-state index contributed by atoms with van der Waals surface area (Å²) >= 11 is -8.11. The van der Waals surface area contributed by atoms with Gasteiger partial charge in [-0.15, -0.1) is 0 Å². The molecule has 0 unspecified atom stereocenters. The van der Waals surface area contributed by atoms with Gasteiger partial charge in [-0.05, 0) is 0 Å². The normalized spacial score (nSPS) is 12.1. The molecule has 4 aromatic carbocycles. The molecule has 0 radical (unpaired) electrons. The van der Waals surface area contributed by atoms with E-state index in [1.54, 1.807) is 0 Å². The van der Waals surface area contributed by atoms with E-state index in [1.165, 1.54) is 0 Å². The second-order valence-electron chi connectivity index (χ2n) is 7.29. The maximum absolute atomic E-state index is 15.0. The van der Waals surface area contributed by atoms with Gasteiger partial charge in [0.1, 0.15) is 0 Å². The van der Waals surface area contributed by atoms with Crippen LogP contribution in [0.5, 0.6) is 0 Å². The van der Waals surface area contributed by atoms with Crippen molar-refractivity contribution < 1.29 is 7.48 Å². The van der Waals surface area contributed by atoms with Crippen LogP contribution in [-0.4, -0.2) is 27.0 Å². The van der Waals surface area contributed by atoms with Gasteiger partial charge in [0.15, 0.2) is 0 Å². The van der Waals surface area contributed by atoms with E-state index in [9.17, 15) is 0 Å². The fourth-order valence-electron chi connectivity index (χ4n) is 3.99. The van der Waals surface area contributed by atoms with Crippen molar-refractivity contribution in [1.82, 2.24) is 0 Å². The zero-order valence-electron chi connectivity index (χ0n) is 16.8. The van der Waals surface area contributed by atoms with Crippen LogP contribution in [0, 0.1) is 0 Å². The second-order valence-corrected chi connectivity index (χ2v) is 22.3. The average molecular weight is 518 g/mol. The maximum atomic E-state index is 15.0. The molecular weight excluding hydrogens is 494 g/mol. The third-order valence-corrected chi connectivity index (χ3v) is 26.1. The Bertz CT molecular complexity index is 1010. The second kappa shape index (κ2) is 8.76. The molecule has 0 aromatic heterocycles. The standard InChI is InChI=1S/C26H24As2O2/c1-22(27(29,23-14-6-2-7-15-23)24-16-8-3-9-17-24)28(30,25-18-10-4-11-19-25)26-20-12-5-13-21-26/h2-22H,1H3. The Kier molecular flexibility index (Phi) is 6.09. The van der Waals surface area contributed by atoms with Gasteiger partial charge >= 0.3 is 184 Å². The molecule has 0 amide bonds. The summed E-state index contributed by atoms with van der Waals surface area (Å²) in [6, 6.07) is 38.5. The minimum atomic E-state index is -4.05. The third kappa shape index (κ3) is 3.60. The van der Waals surface area contributed by atoms with Crippen LogP contribution in [0.25, 0.3) is 0 Å². The SMILES string of the molecule is CC([As](=O)(c1ccccc1)c1ccccc1)[As](=O)(c1ccccc1)c1ccccc1. The summed E-state index contributed by atoms with van der Waals surface area (Å²) in [7, 11) is 0. The van der Waals surface area contributed by atoms with Crippen LogP contribution >= 0.6 is 0 Å². The molecule has 0 heterocycles. The summed E-state index contributed by atoms with van der Waals surface area (Å²) in [4.78, 5) is 0. The van der Waals surface area contributed by atoms with E-state index < -0.39 is 30.5 Å². The van der Waals surface area contributed by atoms with Gasteiger partial charge in [-0.25, -0.2) is 0 Å². The predicted octanol–water partition coefficient (Wildman–Crippen LogP) is 3.30. The summed E-state index contributed by atoms with van der Waals surface area (Å²) in [6.07, 6.45) is 0. The Balaban J connectivity index is 2.01. The molecule has 0 saturated carbocycles. The Labute approximate surface area is 182 Å². The van der Waals surface area contributed by atoms with Crippen molar-refractivity contribution >= 4 is 44.4 Å². The molecule has 0 aliphatic rings. The first kappa shape index (κ1) is 20.9. The molecule has 150 valence electrons. The Morgan fingerprint density at radius 1 is 0.433 bits per heavy atom. The zero-order valence-corrected chi connectivity index (χ0v) is 20.6. The molecule has 0 N–H and O–H groups in total. The molecule has 0 saturated heterocycles. The van der Waals surface area contributed by atoms with Crippen molar-refractivity contribution in [1.29, 1.82) is 0 Å². The van der Waals surface area contributed by atoms with Crippen LogP contribution in [0.3, 0.4) is 0 Å². The van der Waals surface area contributed by atoms with Gasteiger partial charge in [0.2, 0.25) is 0 Å². The van der Waals surface area contributed by atoms with Crippen LogP contribution < -0.4 is 17.4 Å². The van der Waals surface area contributed by atoms with Crippen molar-refractivity contribution in [2.75, 3.05) is 0 Å². The molecule has 0 fully saturated rings. The minimum absolute atomic E-state index is 0.476. The third-order valence-electron chi connectivity index (χ3n) is 5.61. The molecule has 0 bridgehead atoms. The van der Waals surface area contributed by atoms with E-state index in [1.807, 2.05) is 128 Å². The molecule has 4 heteroatoms. The van der Waals surface area contributed by atoms with Crippen LogP contribution in [-0.2, 0) is 7.48 Å². The summed E-state index contributed by atoms with van der Waals surface area (Å²) in [6.45, 7) is 1.94. The molecule has 4 rings (SSSR count). The van der Waals surface area contributed by atoms with Crippen LogP contribution in [0.15, 0.2) is 121 Å². The number of rotatable bonds is 6. The average Bonchev–Trinajstić information content (AvgIpc) is 2.84. The zero-order chi connectivity index (χ0) is 21.0. The molecule has 2 nitrogen and oxygen atoms in total. The molecule has 30 heavy (non-hydrogen) atoms. The predicted molar refractivity (Wildman–Crippen MR) is 127 cm³/mol. The molecule has 0 atom stereocenters. The first-order valence-electron chi connectivity index (χ1n) is 10.00. The first-order chi connectivity index (χ1) is 14.6. The van der Waals surface area contributed by atoms with Crippen molar-refractivity contribution in [2.24, 2.45) is 0 Å². The molecular formula is C26H24As2O2. The van der Waals surface area contributed by atoms with Gasteiger partial charge in [0, 0.05) is 0 Å². The van der Waals surface area contributed by atoms with E-state index in [2.05, 4.69) is 0 Å². The fourth-order valence-corrected chi connectivity index (χ4v) is 25.8. The summed E-state index contributed by atoms with van der Waals surface area (Å²) in [5, 5.41) is 0. The number of hydrogen-bond donors (Lipinski definition) is 0. The number of hydrogen-bond acceptors (Lipinski definition) is 2. The fraction of sp³-hybridized carbons (Fsp3) is 0.0769. The van der Waals surface area contributed by atoms with Crippen LogP contribution in [0.4, 0.5) is 0 Å². The summed E-state index contributed by atoms with van der Waals surface area (Å²) in [5.41, 5.74) is 0. The first-order valence-corrected chi connectivity index (χ1v) is 17.4. The van der Waals surface area contributed by atoms with Gasteiger partial charge < -0.3 is 0 Å². The van der Waals surface area contributed by atoms with E-state index in [0.717, 1.165) is 17.4 Å². The molecule has 0 aliphatic heterocycles. The van der Waals surface area contributed by atoms with E-state index in [-0.39, 0.29) is 0 Å². The van der Waals surface area contributed by atoms with Crippen molar-refractivity contribution in [2.45, 2.75) is 10.4 Å². The van der Waals surface area contributed by atoms with E-state index in [0.29, 0.717) is 0 Å². The van der Waals surface area contributed by atoms with E-state index in [4.69, 9.17) is 0 Å². The monoisotopic (exact) mass is 518 g/mol. The van der Waals surface area contributed by atoms with Gasteiger partial charge in [0.05, 0.1) is 0 Å². The summed E-state index contributed by atoms with van der Waals surface area (Å²) < 4.78 is 32.8. The Morgan fingerprint density at radius 2 is 0.633 bits per heavy atom. The Morgan fingerprint density at radius 3 is 0.833 bits per heavy atom. The van der Waals surface area contributed by atoms with Gasteiger partial charge in [-0.2, -0.15) is 0 Å². The molecule has 0 aliphatic carbocycles. The van der Waals surface area contributed by atoms with Gasteiger partial charge in [-0.1, -0.05) is 0 Å². The van der Waals surface area contributed by atoms with Crippen molar-refractivity contribution in [3.63, 3.8) is 0 Å². The Hall–Kier alpha value is -2.40. The number of benzene rings is 4. The van der Waals surface area contributed by atoms with Gasteiger partial charge in [-0.3, -0.25) is 0 Å².